The van der Waals surface area contributed by atoms with Crippen molar-refractivity contribution in [1.29, 1.82) is 0 Å². The van der Waals surface area contributed by atoms with Crippen molar-refractivity contribution in [1.82, 2.24) is 10.2 Å². The summed E-state index contributed by atoms with van der Waals surface area (Å²) < 4.78 is 0. The van der Waals surface area contributed by atoms with E-state index in [4.69, 9.17) is 0 Å². The van der Waals surface area contributed by atoms with Crippen molar-refractivity contribution in [2.45, 2.75) is 19.3 Å². The molecule has 1 aliphatic carbocycles. The second-order valence-electron chi connectivity index (χ2n) is 4.17. The first-order valence-electron chi connectivity index (χ1n) is 5.55. The first-order chi connectivity index (χ1) is 6.45. The third kappa shape index (κ3) is 2.82. The Bertz CT molecular complexity index is 167. The van der Waals surface area contributed by atoms with Crippen LogP contribution in [0.25, 0.3) is 0 Å². The van der Waals surface area contributed by atoms with E-state index in [9.17, 15) is 0 Å². The summed E-state index contributed by atoms with van der Waals surface area (Å²) in [4.78, 5) is 2.52. The van der Waals surface area contributed by atoms with E-state index in [0.29, 0.717) is 0 Å². The van der Waals surface area contributed by atoms with Crippen molar-refractivity contribution < 1.29 is 0 Å². The average molecular weight is 180 g/mol. The number of nitrogens with zero attached hydrogens (tertiary/aromatic N) is 1. The van der Waals surface area contributed by atoms with Gasteiger partial charge in [0.1, 0.15) is 0 Å². The molecule has 1 heterocycles. The summed E-state index contributed by atoms with van der Waals surface area (Å²) in [5.74, 6) is 0.919. The van der Waals surface area contributed by atoms with Crippen LogP contribution in [0.4, 0.5) is 0 Å². The molecule has 2 rings (SSSR count). The molecule has 1 saturated heterocycles. The second kappa shape index (κ2) is 4.77. The number of allylic oxidation sites excluding steroid dienone is 1. The zero-order chi connectivity index (χ0) is 8.93. The number of rotatable bonds is 3. The van der Waals surface area contributed by atoms with Crippen LogP contribution in [0.15, 0.2) is 12.2 Å². The minimum Gasteiger partial charge on any atom is -0.314 e. The van der Waals surface area contributed by atoms with Crippen LogP contribution in [-0.2, 0) is 0 Å². The van der Waals surface area contributed by atoms with Crippen molar-refractivity contribution in [3.05, 3.63) is 12.2 Å². The zero-order valence-corrected chi connectivity index (χ0v) is 8.34. The van der Waals surface area contributed by atoms with Crippen LogP contribution in [0.3, 0.4) is 0 Å². The van der Waals surface area contributed by atoms with E-state index < -0.39 is 0 Å². The molecule has 0 bridgehead atoms. The Morgan fingerprint density at radius 1 is 1.23 bits per heavy atom. The monoisotopic (exact) mass is 180 g/mol. The maximum atomic E-state index is 3.37. The van der Waals surface area contributed by atoms with Gasteiger partial charge in [0, 0.05) is 32.7 Å². The van der Waals surface area contributed by atoms with Gasteiger partial charge in [0.15, 0.2) is 0 Å². The molecule has 0 aromatic rings. The van der Waals surface area contributed by atoms with E-state index in [1.807, 2.05) is 0 Å². The molecular weight excluding hydrogens is 160 g/mol. The van der Waals surface area contributed by atoms with Gasteiger partial charge in [-0.25, -0.2) is 0 Å². The Balaban J connectivity index is 1.62. The lowest BCUT2D eigenvalue weighted by Gasteiger charge is -2.26. The van der Waals surface area contributed by atoms with E-state index >= 15 is 0 Å². The molecule has 0 spiro atoms. The van der Waals surface area contributed by atoms with Crippen LogP contribution in [0, 0.1) is 5.92 Å². The fourth-order valence-corrected chi connectivity index (χ4v) is 1.93. The molecule has 13 heavy (non-hydrogen) atoms. The molecule has 0 unspecified atom stereocenters. The van der Waals surface area contributed by atoms with Gasteiger partial charge in [-0.2, -0.15) is 0 Å². The predicted octanol–water partition coefficient (Wildman–Crippen LogP) is 1.25. The number of hydrogen-bond acceptors (Lipinski definition) is 2. The number of nitrogens with one attached hydrogen (secondary N) is 1. The highest BCUT2D eigenvalue weighted by atomic mass is 15.2. The smallest absolute Gasteiger partial charge is 0.0164 e. The number of hydrogen-bond donors (Lipinski definition) is 1. The third-order valence-electron chi connectivity index (χ3n) is 3.13. The maximum absolute atomic E-state index is 3.37. The Kier molecular flexibility index (Phi) is 3.39. The molecule has 0 aromatic carbocycles. The van der Waals surface area contributed by atoms with Crippen molar-refractivity contribution in [2.24, 2.45) is 5.92 Å². The van der Waals surface area contributed by atoms with Crippen LogP contribution in [0.2, 0.25) is 0 Å². The van der Waals surface area contributed by atoms with Gasteiger partial charge in [0.2, 0.25) is 0 Å². The lowest BCUT2D eigenvalue weighted by atomic mass is 9.85. The van der Waals surface area contributed by atoms with E-state index in [1.54, 1.807) is 0 Å². The minimum atomic E-state index is 0.919. The predicted molar refractivity (Wildman–Crippen MR) is 55.8 cm³/mol. The lowest BCUT2D eigenvalue weighted by Crippen LogP contribution is -2.43. The highest BCUT2D eigenvalue weighted by molar-refractivity contribution is 4.94. The zero-order valence-electron chi connectivity index (χ0n) is 8.34. The number of piperazine rings is 1. The van der Waals surface area contributed by atoms with Gasteiger partial charge in [0.05, 0.1) is 0 Å². The highest BCUT2D eigenvalue weighted by Crippen LogP contribution is 2.27. The standard InChI is InChI=1S/C11H20N2/c1-3-11(4-1)5-2-8-13-9-6-12-7-10-13/h2,5,11-12H,1,3-4,6-10H2/b5-2-. The molecule has 1 N–H and O–H groups in total. The summed E-state index contributed by atoms with van der Waals surface area (Å²) in [6.07, 6.45) is 9.10. The normalized spacial score (nSPS) is 26.5. The Morgan fingerprint density at radius 2 is 2.00 bits per heavy atom. The molecule has 2 aliphatic rings. The first-order valence-corrected chi connectivity index (χ1v) is 5.55. The quantitative estimate of drug-likeness (QED) is 0.658. The van der Waals surface area contributed by atoms with Crippen LogP contribution < -0.4 is 5.32 Å². The Labute approximate surface area is 81.0 Å². The van der Waals surface area contributed by atoms with Gasteiger partial charge < -0.3 is 5.32 Å². The van der Waals surface area contributed by atoms with Crippen molar-refractivity contribution in [3.8, 4) is 0 Å². The van der Waals surface area contributed by atoms with E-state index in [2.05, 4.69) is 22.4 Å². The third-order valence-corrected chi connectivity index (χ3v) is 3.13. The topological polar surface area (TPSA) is 15.3 Å². The Morgan fingerprint density at radius 3 is 2.62 bits per heavy atom. The average Bonchev–Trinajstić information content (AvgIpc) is 2.11. The minimum absolute atomic E-state index is 0.919. The van der Waals surface area contributed by atoms with E-state index in [1.165, 1.54) is 32.4 Å². The maximum Gasteiger partial charge on any atom is 0.0164 e. The molecule has 0 amide bonds. The van der Waals surface area contributed by atoms with Crippen molar-refractivity contribution in [2.75, 3.05) is 32.7 Å². The van der Waals surface area contributed by atoms with Gasteiger partial charge in [-0.05, 0) is 18.8 Å². The summed E-state index contributed by atoms with van der Waals surface area (Å²) in [6.45, 7) is 5.93. The Hall–Kier alpha value is -0.340. The van der Waals surface area contributed by atoms with E-state index in [-0.39, 0.29) is 0 Å². The fraction of sp³-hybridized carbons (Fsp3) is 0.818. The summed E-state index contributed by atoms with van der Waals surface area (Å²) in [6, 6.07) is 0. The molecule has 0 atom stereocenters. The van der Waals surface area contributed by atoms with E-state index in [0.717, 1.165) is 25.6 Å². The summed E-state index contributed by atoms with van der Waals surface area (Å²) in [5.41, 5.74) is 0. The highest BCUT2D eigenvalue weighted by Gasteiger charge is 2.13. The molecule has 0 radical (unpaired) electrons. The van der Waals surface area contributed by atoms with Crippen LogP contribution in [0.5, 0.6) is 0 Å². The fourth-order valence-electron chi connectivity index (χ4n) is 1.93. The van der Waals surface area contributed by atoms with Gasteiger partial charge in [-0.1, -0.05) is 18.6 Å². The molecule has 2 nitrogen and oxygen atoms in total. The summed E-state index contributed by atoms with van der Waals surface area (Å²) >= 11 is 0. The molecule has 0 aromatic heterocycles. The van der Waals surface area contributed by atoms with Crippen LogP contribution in [-0.4, -0.2) is 37.6 Å². The molecule has 74 valence electrons. The second-order valence-corrected chi connectivity index (χ2v) is 4.17. The van der Waals surface area contributed by atoms with Gasteiger partial charge in [0.25, 0.3) is 0 Å². The summed E-state index contributed by atoms with van der Waals surface area (Å²) in [5, 5.41) is 3.37. The van der Waals surface area contributed by atoms with Crippen LogP contribution in [0.1, 0.15) is 19.3 Å². The van der Waals surface area contributed by atoms with Gasteiger partial charge in [-0.15, -0.1) is 0 Å². The van der Waals surface area contributed by atoms with Gasteiger partial charge >= 0.3 is 0 Å². The molecule has 1 aliphatic heterocycles. The van der Waals surface area contributed by atoms with Crippen molar-refractivity contribution >= 4 is 0 Å². The van der Waals surface area contributed by atoms with Crippen molar-refractivity contribution in [3.63, 3.8) is 0 Å². The molecule has 2 fully saturated rings. The van der Waals surface area contributed by atoms with Crippen LogP contribution >= 0.6 is 0 Å². The van der Waals surface area contributed by atoms with Gasteiger partial charge in [-0.3, -0.25) is 4.90 Å². The lowest BCUT2D eigenvalue weighted by molar-refractivity contribution is 0.263. The first kappa shape index (κ1) is 9.22. The molecule has 2 heteroatoms. The SMILES string of the molecule is C(=C/C1CCC1)/CN1CCNCC1. The summed E-state index contributed by atoms with van der Waals surface area (Å²) in [7, 11) is 0. The largest absolute Gasteiger partial charge is 0.314 e. The molecule has 1 saturated carbocycles. The molecular formula is C11H20N2.